The molecule has 0 amide bonds. The van der Waals surface area contributed by atoms with E-state index in [9.17, 15) is 25.9 Å². The Kier molecular flexibility index (Phi) is 11.4. The van der Waals surface area contributed by atoms with Gasteiger partial charge in [0, 0.05) is 24.4 Å². The van der Waals surface area contributed by atoms with Gasteiger partial charge in [-0.05, 0) is 75.7 Å². The minimum absolute atomic E-state index is 0. The molecule has 4 aromatic carbocycles. The number of hydrogen-bond acceptors (Lipinski definition) is 6. The third-order valence-electron chi connectivity index (χ3n) is 7.34. The van der Waals surface area contributed by atoms with Gasteiger partial charge in [0.25, 0.3) is 10.1 Å². The predicted molar refractivity (Wildman–Crippen MR) is 174 cm³/mol. The second-order valence-corrected chi connectivity index (χ2v) is 13.4. The van der Waals surface area contributed by atoms with E-state index in [-0.39, 0.29) is 52.4 Å². The maximum Gasteiger partial charge on any atom is 1.00 e. The van der Waals surface area contributed by atoms with Crippen LogP contribution in [0.5, 0.6) is 0 Å². The zero-order chi connectivity index (χ0) is 32.2. The Hall–Kier alpha value is -3.61. The maximum absolute atomic E-state index is 12.1. The summed E-state index contributed by atoms with van der Waals surface area (Å²) in [6.45, 7) is 0.186. The largest absolute Gasteiger partial charge is 1.00 e. The van der Waals surface area contributed by atoms with E-state index < -0.39 is 20.2 Å². The molecular weight excluding hydrogens is 632 g/mol. The standard InChI is InChI=1S/C35H32N2O6S2.Na/c1-36(2)31-19-15-28(16-20-31)35(27-10-4-3-5-11-27)29-17-21-32(22-18-29)37(24-26-9-8-13-33(23-26)44(38,39)40)25-30-12-6-7-14-34(30)45(41,42)43;/h3-13,15-23H,24-25H2,1-2H3,(H,38,39,40)(H,41,42,43);/q;+1/p-1. The third kappa shape index (κ3) is 8.59. The molecule has 0 saturated heterocycles. The summed E-state index contributed by atoms with van der Waals surface area (Å²) in [6, 6.07) is 30.7. The molecule has 1 aliphatic carbocycles. The van der Waals surface area contributed by atoms with Crippen LogP contribution in [0.4, 0.5) is 5.69 Å². The molecule has 0 spiro atoms. The minimum Gasteiger partial charge on any atom is -0.744 e. The molecule has 0 bridgehead atoms. The van der Waals surface area contributed by atoms with Crippen molar-refractivity contribution in [3.63, 3.8) is 0 Å². The van der Waals surface area contributed by atoms with Crippen LogP contribution in [0.1, 0.15) is 22.3 Å². The smallest absolute Gasteiger partial charge is 0.744 e. The Balaban J connectivity index is 0.00000480. The first kappa shape index (κ1) is 35.2. The molecule has 0 fully saturated rings. The van der Waals surface area contributed by atoms with Crippen molar-refractivity contribution in [2.45, 2.75) is 22.9 Å². The average molecular weight is 663 g/mol. The van der Waals surface area contributed by atoms with E-state index in [2.05, 4.69) is 42.5 Å². The van der Waals surface area contributed by atoms with Gasteiger partial charge in [-0.1, -0.05) is 54.6 Å². The fraction of sp³-hybridized carbons (Fsp3) is 0.114. The van der Waals surface area contributed by atoms with Crippen molar-refractivity contribution in [1.29, 1.82) is 0 Å². The summed E-state index contributed by atoms with van der Waals surface area (Å²) in [6.07, 6.45) is 8.29. The molecule has 0 atom stereocenters. The van der Waals surface area contributed by atoms with E-state index in [1.807, 2.05) is 66.0 Å². The van der Waals surface area contributed by atoms with Crippen molar-refractivity contribution >= 4 is 37.2 Å². The molecule has 46 heavy (non-hydrogen) atoms. The summed E-state index contributed by atoms with van der Waals surface area (Å²) in [7, 11) is -5.26. The number of benzene rings is 4. The molecule has 0 saturated carbocycles. The van der Waals surface area contributed by atoms with E-state index in [4.69, 9.17) is 0 Å². The van der Waals surface area contributed by atoms with Gasteiger partial charge in [-0.3, -0.25) is 4.55 Å². The molecule has 0 aliphatic heterocycles. The molecule has 0 unspecified atom stereocenters. The van der Waals surface area contributed by atoms with Crippen LogP contribution in [0.2, 0.25) is 0 Å². The monoisotopic (exact) mass is 662 g/mol. The number of nitrogens with zero attached hydrogens (tertiary/aromatic N) is 2. The van der Waals surface area contributed by atoms with Crippen molar-refractivity contribution in [1.82, 2.24) is 0 Å². The Bertz CT molecular complexity index is 2050. The van der Waals surface area contributed by atoms with Gasteiger partial charge in [-0.25, -0.2) is 13.0 Å². The van der Waals surface area contributed by atoms with Crippen molar-refractivity contribution in [2.24, 2.45) is 0 Å². The molecule has 0 radical (unpaired) electrons. The molecule has 8 nitrogen and oxygen atoms in total. The van der Waals surface area contributed by atoms with Crippen LogP contribution in [0.25, 0.3) is 5.57 Å². The fourth-order valence-corrected chi connectivity index (χ4v) is 6.38. The van der Waals surface area contributed by atoms with Gasteiger partial charge in [0.2, 0.25) is 0 Å². The van der Waals surface area contributed by atoms with Crippen LogP contribution in [-0.4, -0.2) is 50.3 Å². The normalized spacial score (nSPS) is 12.9. The van der Waals surface area contributed by atoms with E-state index in [0.717, 1.165) is 28.0 Å². The van der Waals surface area contributed by atoms with Crippen LogP contribution >= 0.6 is 0 Å². The van der Waals surface area contributed by atoms with Gasteiger partial charge < -0.3 is 9.45 Å². The third-order valence-corrected chi connectivity index (χ3v) is 9.06. The first-order valence-electron chi connectivity index (χ1n) is 14.0. The Morgan fingerprint density at radius 1 is 0.804 bits per heavy atom. The van der Waals surface area contributed by atoms with E-state index >= 15 is 0 Å². The minimum atomic E-state index is -4.68. The summed E-state index contributed by atoms with van der Waals surface area (Å²) in [5.41, 5.74) is 6.66. The number of rotatable bonds is 9. The van der Waals surface area contributed by atoms with Gasteiger partial charge >= 0.3 is 29.6 Å². The van der Waals surface area contributed by atoms with Crippen LogP contribution in [0.15, 0.2) is 137 Å². The quantitative estimate of drug-likeness (QED) is 0.127. The van der Waals surface area contributed by atoms with Crippen molar-refractivity contribution in [2.75, 3.05) is 19.0 Å². The zero-order valence-electron chi connectivity index (χ0n) is 25.7. The summed E-state index contributed by atoms with van der Waals surface area (Å²) >= 11 is 0. The zero-order valence-corrected chi connectivity index (χ0v) is 29.3. The van der Waals surface area contributed by atoms with Crippen LogP contribution in [-0.2, 0) is 33.3 Å². The second-order valence-electron chi connectivity index (χ2n) is 10.7. The molecular formula is C35H31N2NaO6S2. The molecule has 1 aliphatic rings. The summed E-state index contributed by atoms with van der Waals surface area (Å²) < 4.78 is 71.3. The summed E-state index contributed by atoms with van der Waals surface area (Å²) in [5.74, 6) is 0. The van der Waals surface area contributed by atoms with Gasteiger partial charge in [0.05, 0.1) is 4.90 Å². The first-order valence-corrected chi connectivity index (χ1v) is 16.8. The van der Waals surface area contributed by atoms with Crippen LogP contribution < -0.4 is 34.5 Å². The van der Waals surface area contributed by atoms with Gasteiger partial charge in [-0.15, -0.1) is 5.56 Å². The summed E-state index contributed by atoms with van der Waals surface area (Å²) in [5, 5.41) is 0. The van der Waals surface area contributed by atoms with Crippen molar-refractivity contribution < 1.29 is 60.1 Å². The topological polar surface area (TPSA) is 118 Å². The SMILES string of the molecule is C[N+](C)=C1C=CC(=C(c2ccccc2)c2ccc(N(Cc3cccc(S(=O)(=O)[O-])c3)Cc3ccc[c-]c3S(=O)(=O)O)cc2)C=C1.[Na+]. The molecule has 11 heteroatoms. The van der Waals surface area contributed by atoms with Gasteiger partial charge in [0.15, 0.2) is 5.71 Å². The maximum atomic E-state index is 12.1. The molecule has 230 valence electrons. The van der Waals surface area contributed by atoms with Gasteiger partial charge in [0.1, 0.15) is 24.2 Å². The van der Waals surface area contributed by atoms with Crippen LogP contribution in [0, 0.1) is 6.07 Å². The predicted octanol–water partition coefficient (Wildman–Crippen LogP) is 2.49. The van der Waals surface area contributed by atoms with Crippen molar-refractivity contribution in [3.8, 4) is 0 Å². The number of allylic oxidation sites excluding steroid dienone is 5. The van der Waals surface area contributed by atoms with E-state index in [1.54, 1.807) is 18.2 Å². The average Bonchev–Trinajstić information content (AvgIpc) is 3.01. The number of hydrogen-bond donors (Lipinski definition) is 1. The van der Waals surface area contributed by atoms with Crippen LogP contribution in [0.3, 0.4) is 0 Å². The second kappa shape index (κ2) is 14.9. The molecule has 5 rings (SSSR count). The fourth-order valence-electron chi connectivity index (χ4n) is 5.15. The summed E-state index contributed by atoms with van der Waals surface area (Å²) in [4.78, 5) is 1.14. The molecule has 0 aromatic heterocycles. The Morgan fingerprint density at radius 2 is 1.46 bits per heavy atom. The van der Waals surface area contributed by atoms with Gasteiger partial charge in [-0.2, -0.15) is 32.7 Å². The molecule has 1 N–H and O–H groups in total. The van der Waals surface area contributed by atoms with E-state index in [1.165, 1.54) is 24.3 Å². The van der Waals surface area contributed by atoms with Crippen molar-refractivity contribution in [3.05, 3.63) is 155 Å². The first-order chi connectivity index (χ1) is 21.4. The van der Waals surface area contributed by atoms with E-state index in [0.29, 0.717) is 16.8 Å². The number of anilines is 1. The Morgan fingerprint density at radius 3 is 2.07 bits per heavy atom. The molecule has 0 heterocycles. The molecule has 4 aromatic rings. The Labute approximate surface area is 292 Å².